The number of hydrogen-bond acceptors (Lipinski definition) is 6. The fourth-order valence-corrected chi connectivity index (χ4v) is 7.35. The molecule has 4 rings (SSSR count). The molecule has 1 fully saturated rings. The number of piperidine rings is 1. The molecular weight excluding hydrogens is 551 g/mol. The summed E-state index contributed by atoms with van der Waals surface area (Å²) in [6, 6.07) is 15.0. The Bertz CT molecular complexity index is 1380. The van der Waals surface area contributed by atoms with E-state index in [1.165, 1.54) is 23.5 Å². The highest BCUT2D eigenvalue weighted by molar-refractivity contribution is 7.91. The number of halogens is 3. The lowest BCUT2D eigenvalue weighted by atomic mass is 10.0. The highest BCUT2D eigenvalue weighted by Gasteiger charge is 2.32. The summed E-state index contributed by atoms with van der Waals surface area (Å²) in [6.45, 7) is 2.75. The first-order valence-electron chi connectivity index (χ1n) is 12.4. The van der Waals surface area contributed by atoms with Crippen LogP contribution in [0, 0.1) is 0 Å². The summed E-state index contributed by atoms with van der Waals surface area (Å²) in [5, 5.41) is 6.21. The number of methoxy groups -OCH3 is 1. The monoisotopic (exact) mass is 581 g/mol. The number of nitrogens with one attached hydrogen (secondary N) is 2. The number of rotatable bonds is 9. The van der Waals surface area contributed by atoms with E-state index in [4.69, 9.17) is 4.74 Å². The lowest BCUT2D eigenvalue weighted by Crippen LogP contribution is -2.45. The van der Waals surface area contributed by atoms with Gasteiger partial charge in [0.1, 0.15) is 9.96 Å². The van der Waals surface area contributed by atoms with Crippen LogP contribution in [0.25, 0.3) is 0 Å². The molecular formula is C27H30F3N3O4S2. The molecule has 2 heterocycles. The minimum atomic E-state index is -4.37. The first-order chi connectivity index (χ1) is 18.5. The molecule has 2 N–H and O–H groups in total. The van der Waals surface area contributed by atoms with Gasteiger partial charge in [0.15, 0.2) is 0 Å². The third kappa shape index (κ3) is 7.18. The molecule has 1 amide bonds. The maximum atomic E-state index is 13.2. The molecule has 1 unspecified atom stereocenters. The van der Waals surface area contributed by atoms with Crippen molar-refractivity contribution in [1.29, 1.82) is 0 Å². The lowest BCUT2D eigenvalue weighted by Gasteiger charge is -2.33. The number of alkyl halides is 3. The smallest absolute Gasteiger partial charge is 0.416 e. The van der Waals surface area contributed by atoms with Crippen LogP contribution in [0.5, 0.6) is 5.75 Å². The van der Waals surface area contributed by atoms with E-state index in [-0.39, 0.29) is 28.7 Å². The van der Waals surface area contributed by atoms with Crippen LogP contribution >= 0.6 is 11.3 Å². The lowest BCUT2D eigenvalue weighted by molar-refractivity contribution is -0.137. The summed E-state index contributed by atoms with van der Waals surface area (Å²) >= 11 is 1.13. The average molecular weight is 582 g/mol. The van der Waals surface area contributed by atoms with Crippen LogP contribution in [-0.4, -0.2) is 44.9 Å². The van der Waals surface area contributed by atoms with Gasteiger partial charge < -0.3 is 15.4 Å². The maximum absolute atomic E-state index is 13.2. The number of hydrogen-bond donors (Lipinski definition) is 2. The number of nitrogens with zero attached hydrogens (tertiary/aromatic N) is 1. The van der Waals surface area contributed by atoms with Crippen molar-refractivity contribution in [1.82, 2.24) is 14.9 Å². The second kappa shape index (κ2) is 12.1. The zero-order valence-corrected chi connectivity index (χ0v) is 23.1. The van der Waals surface area contributed by atoms with Crippen molar-refractivity contribution in [3.05, 3.63) is 82.2 Å². The first-order valence-corrected chi connectivity index (χ1v) is 14.7. The molecule has 3 aromatic rings. The number of amides is 1. The van der Waals surface area contributed by atoms with Gasteiger partial charge in [0, 0.05) is 35.6 Å². The van der Waals surface area contributed by atoms with E-state index in [1.54, 1.807) is 36.4 Å². The van der Waals surface area contributed by atoms with Gasteiger partial charge in [-0.15, -0.1) is 11.3 Å². The molecule has 2 aromatic carbocycles. The molecule has 0 bridgehead atoms. The van der Waals surface area contributed by atoms with Gasteiger partial charge in [-0.3, -0.25) is 4.79 Å². The van der Waals surface area contributed by atoms with Crippen LogP contribution in [0.15, 0.2) is 64.9 Å². The third-order valence-electron chi connectivity index (χ3n) is 6.66. The molecule has 0 spiro atoms. The molecule has 1 aliphatic heterocycles. The van der Waals surface area contributed by atoms with Crippen molar-refractivity contribution in [3.63, 3.8) is 0 Å². The Morgan fingerprint density at radius 3 is 2.44 bits per heavy atom. The second-order valence-corrected chi connectivity index (χ2v) is 12.7. The molecule has 12 heteroatoms. The fraction of sp³-hybridized carbons (Fsp3) is 0.370. The third-order valence-corrected chi connectivity index (χ3v) is 10.1. The van der Waals surface area contributed by atoms with Crippen LogP contribution in [-0.2, 0) is 22.7 Å². The zero-order valence-electron chi connectivity index (χ0n) is 21.5. The van der Waals surface area contributed by atoms with Crippen LogP contribution in [0.1, 0.15) is 52.2 Å². The molecule has 7 nitrogen and oxygen atoms in total. The van der Waals surface area contributed by atoms with Crippen molar-refractivity contribution in [2.24, 2.45) is 0 Å². The van der Waals surface area contributed by atoms with Gasteiger partial charge in [-0.2, -0.15) is 17.5 Å². The van der Waals surface area contributed by atoms with Gasteiger partial charge in [-0.1, -0.05) is 18.2 Å². The summed E-state index contributed by atoms with van der Waals surface area (Å²) < 4.78 is 71.7. The topological polar surface area (TPSA) is 87.7 Å². The number of sulfonamides is 1. The maximum Gasteiger partial charge on any atom is 0.416 e. The Morgan fingerprint density at radius 2 is 1.79 bits per heavy atom. The molecule has 1 atom stereocenters. The molecule has 1 aliphatic rings. The van der Waals surface area contributed by atoms with Crippen LogP contribution in [0.3, 0.4) is 0 Å². The minimum absolute atomic E-state index is 0.0412. The summed E-state index contributed by atoms with van der Waals surface area (Å²) in [6.07, 6.45) is -3.21. The molecule has 0 saturated carbocycles. The first kappa shape index (κ1) is 29.1. The molecule has 0 radical (unpaired) electrons. The number of thiophene rings is 1. The largest absolute Gasteiger partial charge is 0.497 e. The molecule has 39 heavy (non-hydrogen) atoms. The van der Waals surface area contributed by atoms with Crippen LogP contribution < -0.4 is 15.4 Å². The van der Waals surface area contributed by atoms with Crippen molar-refractivity contribution in [3.8, 4) is 5.75 Å². The zero-order chi connectivity index (χ0) is 28.2. The van der Waals surface area contributed by atoms with Gasteiger partial charge in [0.2, 0.25) is 0 Å². The van der Waals surface area contributed by atoms with Crippen molar-refractivity contribution in [2.75, 3.05) is 20.2 Å². The van der Waals surface area contributed by atoms with Gasteiger partial charge in [0.05, 0.1) is 19.2 Å². The number of carbonyl (C=O) groups excluding carboxylic acids is 1. The van der Waals surface area contributed by atoms with E-state index in [0.29, 0.717) is 42.1 Å². The van der Waals surface area contributed by atoms with E-state index in [1.807, 2.05) is 6.92 Å². The van der Waals surface area contributed by atoms with E-state index < -0.39 is 21.8 Å². The summed E-state index contributed by atoms with van der Waals surface area (Å²) in [4.78, 5) is 13.2. The minimum Gasteiger partial charge on any atom is -0.497 e. The van der Waals surface area contributed by atoms with Gasteiger partial charge in [0.25, 0.3) is 15.9 Å². The van der Waals surface area contributed by atoms with Gasteiger partial charge >= 0.3 is 6.18 Å². The predicted octanol–water partition coefficient (Wildman–Crippen LogP) is 5.21. The standard InChI is InChI=1S/C27H30F3N3O4S2/c1-18(19-6-8-21(9-7-19)27(28,29)30)32-22-12-14-33(15-13-22)39(35,36)25-11-10-24(38-25)17-31-26(34)20-4-3-5-23(16-20)37-2/h3-11,16,18,22,32H,12-15,17H2,1-2H3,(H,31,34). The van der Waals surface area contributed by atoms with Gasteiger partial charge in [-0.25, -0.2) is 8.42 Å². The Hall–Kier alpha value is -2.93. The Balaban J connectivity index is 1.29. The quantitative estimate of drug-likeness (QED) is 0.362. The summed E-state index contributed by atoms with van der Waals surface area (Å²) in [5.41, 5.74) is 0.499. The van der Waals surface area contributed by atoms with Crippen molar-refractivity contribution < 1.29 is 31.1 Å². The van der Waals surface area contributed by atoms with Crippen LogP contribution in [0.4, 0.5) is 13.2 Å². The van der Waals surface area contributed by atoms with Crippen molar-refractivity contribution in [2.45, 2.75) is 48.8 Å². The van der Waals surface area contributed by atoms with Gasteiger partial charge in [-0.05, 0) is 67.8 Å². The average Bonchev–Trinajstić information content (AvgIpc) is 3.42. The molecule has 0 aliphatic carbocycles. The Morgan fingerprint density at radius 1 is 1.10 bits per heavy atom. The Kier molecular flexibility index (Phi) is 9.00. The predicted molar refractivity (Wildman–Crippen MR) is 143 cm³/mol. The number of carbonyl (C=O) groups is 1. The highest BCUT2D eigenvalue weighted by atomic mass is 32.2. The fourth-order valence-electron chi connectivity index (χ4n) is 4.43. The number of benzene rings is 2. The molecule has 210 valence electrons. The Labute approximate surface area is 230 Å². The van der Waals surface area contributed by atoms with E-state index in [2.05, 4.69) is 10.6 Å². The van der Waals surface area contributed by atoms with Crippen LogP contribution in [0.2, 0.25) is 0 Å². The SMILES string of the molecule is COc1cccc(C(=O)NCc2ccc(S(=O)(=O)N3CCC(NC(C)c4ccc(C(F)(F)F)cc4)CC3)s2)c1. The van der Waals surface area contributed by atoms with E-state index in [0.717, 1.165) is 29.0 Å². The summed E-state index contributed by atoms with van der Waals surface area (Å²) in [5.74, 6) is 0.284. The number of ether oxygens (including phenoxy) is 1. The highest BCUT2D eigenvalue weighted by Crippen LogP contribution is 2.31. The second-order valence-electron chi connectivity index (χ2n) is 9.32. The van der Waals surface area contributed by atoms with Crippen molar-refractivity contribution >= 4 is 27.3 Å². The summed E-state index contributed by atoms with van der Waals surface area (Å²) in [7, 11) is -2.15. The molecule has 1 aromatic heterocycles. The van der Waals surface area contributed by atoms with E-state index >= 15 is 0 Å². The normalized spacial score (nSPS) is 16.1. The van der Waals surface area contributed by atoms with E-state index in [9.17, 15) is 26.4 Å². The molecule has 1 saturated heterocycles.